The number of fused-ring (bicyclic) bond motifs is 3. The first-order valence-electron chi connectivity index (χ1n) is 10.5. The lowest BCUT2D eigenvalue weighted by Crippen LogP contribution is -2.49. The van der Waals surface area contributed by atoms with Crippen molar-refractivity contribution in [3.63, 3.8) is 0 Å². The average Bonchev–Trinajstić information content (AvgIpc) is 3.36. The predicted octanol–water partition coefficient (Wildman–Crippen LogP) is 4.53. The van der Waals surface area contributed by atoms with Crippen molar-refractivity contribution in [1.29, 1.82) is 0 Å². The van der Waals surface area contributed by atoms with Crippen molar-refractivity contribution in [1.82, 2.24) is 5.28 Å². The first-order valence-corrected chi connectivity index (χ1v) is 10.5. The summed E-state index contributed by atoms with van der Waals surface area (Å²) in [5.74, 6) is 1.35. The number of hydrogen-bond acceptors (Lipinski definition) is 7. The van der Waals surface area contributed by atoms with Gasteiger partial charge in [0.05, 0.1) is 30.9 Å². The fraction of sp³-hybridized carbons (Fsp3) is 0.200. The predicted molar refractivity (Wildman–Crippen MR) is 125 cm³/mol. The van der Waals surface area contributed by atoms with Gasteiger partial charge in [-0.2, -0.15) is 10.0 Å². The first-order chi connectivity index (χ1) is 15.9. The molecular formula is C25H24N4O4. The molecule has 0 atom stereocenters. The minimum absolute atomic E-state index is 0.309. The number of aryl methyl sites for hydroxylation is 3. The van der Waals surface area contributed by atoms with Crippen LogP contribution in [0.15, 0.2) is 59.8 Å². The minimum atomic E-state index is -0.309. The summed E-state index contributed by atoms with van der Waals surface area (Å²) in [4.78, 5) is 19.5. The van der Waals surface area contributed by atoms with Gasteiger partial charge in [0.1, 0.15) is 11.5 Å². The van der Waals surface area contributed by atoms with E-state index in [1.165, 1.54) is 15.9 Å². The zero-order valence-corrected chi connectivity index (χ0v) is 19.1. The first kappa shape index (κ1) is 20.8. The van der Waals surface area contributed by atoms with Gasteiger partial charge in [-0.15, -0.1) is 0 Å². The van der Waals surface area contributed by atoms with E-state index < -0.39 is 0 Å². The number of rotatable bonds is 4. The summed E-state index contributed by atoms with van der Waals surface area (Å²) < 4.78 is 10.7. The molecule has 2 aliphatic heterocycles. The molecule has 0 spiro atoms. The number of benzene rings is 3. The molecule has 0 saturated heterocycles. The Morgan fingerprint density at radius 1 is 0.879 bits per heavy atom. The summed E-state index contributed by atoms with van der Waals surface area (Å²) in [6.45, 7) is 6.17. The molecule has 1 amide bonds. The van der Waals surface area contributed by atoms with Crippen molar-refractivity contribution in [2.75, 3.05) is 24.2 Å². The molecule has 0 aromatic heterocycles. The van der Waals surface area contributed by atoms with Crippen LogP contribution in [-0.2, 0) is 4.94 Å². The van der Waals surface area contributed by atoms with E-state index in [2.05, 4.69) is 24.2 Å². The fourth-order valence-electron chi connectivity index (χ4n) is 4.40. The molecule has 0 bridgehead atoms. The topological polar surface area (TPSA) is 66.8 Å². The molecule has 33 heavy (non-hydrogen) atoms. The Morgan fingerprint density at radius 3 is 2.09 bits per heavy atom. The van der Waals surface area contributed by atoms with E-state index in [0.29, 0.717) is 28.6 Å². The van der Waals surface area contributed by atoms with Crippen LogP contribution < -0.4 is 19.5 Å². The smallest absolute Gasteiger partial charge is 0.277 e. The number of ether oxygens (including phenoxy) is 2. The molecule has 0 fully saturated rings. The largest absolute Gasteiger partial charge is 0.497 e. The number of para-hydroxylation sites is 2. The molecule has 0 unspecified atom stereocenters. The van der Waals surface area contributed by atoms with Gasteiger partial charge in [-0.25, -0.2) is 0 Å². The molecule has 0 aliphatic carbocycles. The van der Waals surface area contributed by atoms with Gasteiger partial charge in [0.2, 0.25) is 5.84 Å². The SMILES string of the molecule is COc1cc(OC)cc(C(=O)N2c3ccccc3N3C(c4c(C)cc(C)cc4C)=NON23)c1. The normalized spacial score (nSPS) is 14.5. The maximum absolute atomic E-state index is 13.7. The second-order valence-corrected chi connectivity index (χ2v) is 8.04. The van der Waals surface area contributed by atoms with Crippen molar-refractivity contribution >= 4 is 23.1 Å². The molecule has 2 aliphatic rings. The van der Waals surface area contributed by atoms with Crippen molar-refractivity contribution in [2.45, 2.75) is 20.8 Å². The van der Waals surface area contributed by atoms with Crippen LogP contribution in [0, 0.1) is 20.8 Å². The fourth-order valence-corrected chi connectivity index (χ4v) is 4.40. The van der Waals surface area contributed by atoms with Gasteiger partial charge in [-0.05, 0) is 61.3 Å². The van der Waals surface area contributed by atoms with Crippen LogP contribution in [-0.4, -0.2) is 31.2 Å². The highest BCUT2D eigenvalue weighted by atomic mass is 16.9. The van der Waals surface area contributed by atoms with Crippen molar-refractivity contribution in [3.8, 4) is 11.5 Å². The van der Waals surface area contributed by atoms with Gasteiger partial charge >= 0.3 is 0 Å². The van der Waals surface area contributed by atoms with Crippen LogP contribution in [0.2, 0.25) is 0 Å². The molecule has 8 heteroatoms. The number of oxime groups is 1. The van der Waals surface area contributed by atoms with Crippen molar-refractivity contribution < 1.29 is 19.2 Å². The summed E-state index contributed by atoms with van der Waals surface area (Å²) in [6.07, 6.45) is 0. The van der Waals surface area contributed by atoms with E-state index in [4.69, 9.17) is 14.4 Å². The number of amidine groups is 1. The van der Waals surface area contributed by atoms with Crippen LogP contribution in [0.4, 0.5) is 11.4 Å². The summed E-state index contributed by atoms with van der Waals surface area (Å²) in [6, 6.07) is 16.9. The zero-order chi connectivity index (χ0) is 23.3. The van der Waals surface area contributed by atoms with Gasteiger partial charge in [-0.3, -0.25) is 9.73 Å². The van der Waals surface area contributed by atoms with Gasteiger partial charge in [0, 0.05) is 17.2 Å². The lowest BCUT2D eigenvalue weighted by Gasteiger charge is -2.25. The molecule has 3 aromatic carbocycles. The molecule has 2 heterocycles. The minimum Gasteiger partial charge on any atom is -0.497 e. The summed E-state index contributed by atoms with van der Waals surface area (Å²) in [5, 5.41) is 9.01. The molecule has 0 N–H and O–H groups in total. The van der Waals surface area contributed by atoms with Crippen molar-refractivity contribution in [2.24, 2.45) is 5.16 Å². The second kappa shape index (κ2) is 7.83. The summed E-state index contributed by atoms with van der Waals surface area (Å²) >= 11 is 0. The number of hydrogen-bond donors (Lipinski definition) is 0. The second-order valence-electron chi connectivity index (χ2n) is 8.04. The van der Waals surface area contributed by atoms with Gasteiger partial charge in [0.15, 0.2) is 0 Å². The zero-order valence-electron chi connectivity index (χ0n) is 19.1. The van der Waals surface area contributed by atoms with Crippen LogP contribution in [0.25, 0.3) is 0 Å². The molecule has 0 radical (unpaired) electrons. The lowest BCUT2D eigenvalue weighted by atomic mass is 9.98. The standard InChI is InChI=1S/C25H24N4O4/c1-15-10-16(2)23(17(3)11-15)24-26-33-29-27(24)21-8-6-7-9-22(21)28(29)25(30)18-12-19(31-4)14-20(13-18)32-5/h6-14H,1-5H3. The Morgan fingerprint density at radius 2 is 1.48 bits per heavy atom. The van der Waals surface area contributed by atoms with E-state index in [1.54, 1.807) is 32.4 Å². The van der Waals surface area contributed by atoms with Gasteiger partial charge in [-0.1, -0.05) is 29.8 Å². The average molecular weight is 444 g/mol. The Kier molecular flexibility index (Phi) is 4.94. The number of hydrazine groups is 2. The van der Waals surface area contributed by atoms with Crippen LogP contribution in [0.1, 0.15) is 32.6 Å². The number of anilines is 2. The van der Waals surface area contributed by atoms with Crippen LogP contribution >= 0.6 is 0 Å². The molecule has 0 saturated carbocycles. The Labute approximate surface area is 192 Å². The number of carbonyl (C=O) groups excluding carboxylic acids is 1. The summed E-state index contributed by atoms with van der Waals surface area (Å²) in [5.41, 5.74) is 6.16. The van der Waals surface area contributed by atoms with Crippen LogP contribution in [0.5, 0.6) is 11.5 Å². The van der Waals surface area contributed by atoms with E-state index in [-0.39, 0.29) is 5.91 Å². The Bertz CT molecular complexity index is 1260. The number of methoxy groups -OCH3 is 2. The number of amides is 1. The number of carbonyl (C=O) groups is 1. The molecule has 3 aromatic rings. The molecule has 168 valence electrons. The van der Waals surface area contributed by atoms with Gasteiger partial charge in [0.25, 0.3) is 5.91 Å². The van der Waals surface area contributed by atoms with Crippen molar-refractivity contribution in [3.05, 3.63) is 82.4 Å². The Hall–Kier alpha value is -4.04. The lowest BCUT2D eigenvalue weighted by molar-refractivity contribution is -0.135. The maximum Gasteiger partial charge on any atom is 0.277 e. The van der Waals surface area contributed by atoms with E-state index in [1.807, 2.05) is 43.1 Å². The number of nitrogens with zero attached hydrogens (tertiary/aromatic N) is 4. The maximum atomic E-state index is 13.7. The summed E-state index contributed by atoms with van der Waals surface area (Å²) in [7, 11) is 3.09. The third-order valence-corrected chi connectivity index (χ3v) is 5.77. The highest BCUT2D eigenvalue weighted by Crippen LogP contribution is 2.43. The quantitative estimate of drug-likeness (QED) is 0.589. The monoisotopic (exact) mass is 444 g/mol. The van der Waals surface area contributed by atoms with E-state index in [0.717, 1.165) is 22.4 Å². The molecular weight excluding hydrogens is 420 g/mol. The van der Waals surface area contributed by atoms with Gasteiger partial charge < -0.3 is 9.47 Å². The Balaban J connectivity index is 1.60. The third kappa shape index (κ3) is 3.27. The molecule has 5 rings (SSSR count). The van der Waals surface area contributed by atoms with E-state index in [9.17, 15) is 4.79 Å². The third-order valence-electron chi connectivity index (χ3n) is 5.77. The van der Waals surface area contributed by atoms with Crippen LogP contribution in [0.3, 0.4) is 0 Å². The highest BCUT2D eigenvalue weighted by molar-refractivity contribution is 6.17. The molecule has 8 nitrogen and oxygen atoms in total. The van der Waals surface area contributed by atoms with E-state index >= 15 is 0 Å². The highest BCUT2D eigenvalue weighted by Gasteiger charge is 2.47.